The maximum Gasteiger partial charge on any atom is 0.344 e. The number of hydrogen-bond acceptors (Lipinski definition) is 5. The Morgan fingerprint density at radius 2 is 2.24 bits per heavy atom. The lowest BCUT2D eigenvalue weighted by molar-refractivity contribution is -0.384. The van der Waals surface area contributed by atoms with Crippen molar-refractivity contribution in [1.29, 1.82) is 0 Å². The maximum absolute atomic E-state index is 11.7. The second-order valence-corrected chi connectivity index (χ2v) is 5.43. The molecule has 2 unspecified atom stereocenters. The van der Waals surface area contributed by atoms with E-state index in [-0.39, 0.29) is 24.1 Å². The SMILES string of the molecule is CC1CCCC(OC(=O)COc2cccc([N+](=O)[O-])c2)C1. The van der Waals surface area contributed by atoms with Gasteiger partial charge >= 0.3 is 5.97 Å². The van der Waals surface area contributed by atoms with Crippen molar-refractivity contribution in [2.75, 3.05) is 6.61 Å². The summed E-state index contributed by atoms with van der Waals surface area (Å²) in [6, 6.07) is 5.75. The third kappa shape index (κ3) is 4.73. The van der Waals surface area contributed by atoms with Crippen molar-refractivity contribution in [3.05, 3.63) is 34.4 Å². The summed E-state index contributed by atoms with van der Waals surface area (Å²) in [5.74, 6) is 0.438. The standard InChI is InChI=1S/C15H19NO5/c1-11-4-2-7-14(8-11)21-15(17)10-20-13-6-3-5-12(9-13)16(18)19/h3,5-6,9,11,14H,2,4,7-8,10H2,1H3. The minimum absolute atomic E-state index is 0.0324. The van der Waals surface area contributed by atoms with Gasteiger partial charge in [0.25, 0.3) is 5.69 Å². The Bertz CT molecular complexity index is 517. The van der Waals surface area contributed by atoms with Crippen LogP contribution in [-0.4, -0.2) is 23.6 Å². The molecule has 1 saturated carbocycles. The number of nitro groups is 1. The molecule has 1 aliphatic rings. The van der Waals surface area contributed by atoms with Crippen LogP contribution in [0.5, 0.6) is 5.75 Å². The zero-order valence-electron chi connectivity index (χ0n) is 12.0. The fourth-order valence-corrected chi connectivity index (χ4v) is 2.53. The van der Waals surface area contributed by atoms with Gasteiger partial charge in [0.05, 0.1) is 11.0 Å². The topological polar surface area (TPSA) is 78.7 Å². The van der Waals surface area contributed by atoms with Crippen LogP contribution in [0.1, 0.15) is 32.6 Å². The van der Waals surface area contributed by atoms with Gasteiger partial charge in [0.2, 0.25) is 0 Å². The van der Waals surface area contributed by atoms with Crippen molar-refractivity contribution in [2.24, 2.45) is 5.92 Å². The average Bonchev–Trinajstić information content (AvgIpc) is 2.45. The Hall–Kier alpha value is -2.11. The molecule has 0 amide bonds. The Balaban J connectivity index is 1.81. The molecule has 0 aromatic heterocycles. The molecule has 0 bridgehead atoms. The summed E-state index contributed by atoms with van der Waals surface area (Å²) in [5.41, 5.74) is -0.0676. The molecule has 6 nitrogen and oxygen atoms in total. The molecule has 1 aromatic carbocycles. The number of hydrogen-bond donors (Lipinski definition) is 0. The Morgan fingerprint density at radius 3 is 2.95 bits per heavy atom. The molecule has 114 valence electrons. The van der Waals surface area contributed by atoms with Crippen LogP contribution in [-0.2, 0) is 9.53 Å². The van der Waals surface area contributed by atoms with E-state index in [1.165, 1.54) is 24.6 Å². The summed E-state index contributed by atoms with van der Waals surface area (Å²) in [6.45, 7) is 1.92. The zero-order valence-corrected chi connectivity index (χ0v) is 12.0. The predicted octanol–water partition coefficient (Wildman–Crippen LogP) is 3.10. The normalized spacial score (nSPS) is 21.6. The van der Waals surface area contributed by atoms with Gasteiger partial charge in [0.1, 0.15) is 11.9 Å². The summed E-state index contributed by atoms with van der Waals surface area (Å²) in [4.78, 5) is 21.9. The molecule has 6 heteroatoms. The first-order valence-corrected chi connectivity index (χ1v) is 7.11. The average molecular weight is 293 g/mol. The summed E-state index contributed by atoms with van der Waals surface area (Å²) in [5, 5.41) is 10.6. The molecular formula is C15H19NO5. The fraction of sp³-hybridized carbons (Fsp3) is 0.533. The number of nitro benzene ring substituents is 1. The van der Waals surface area contributed by atoms with Crippen molar-refractivity contribution < 1.29 is 19.2 Å². The zero-order chi connectivity index (χ0) is 15.2. The van der Waals surface area contributed by atoms with Gasteiger partial charge < -0.3 is 9.47 Å². The molecule has 0 N–H and O–H groups in total. The lowest BCUT2D eigenvalue weighted by atomic mass is 9.89. The molecule has 0 saturated heterocycles. The number of rotatable bonds is 5. The van der Waals surface area contributed by atoms with Gasteiger partial charge in [0.15, 0.2) is 6.61 Å². The van der Waals surface area contributed by atoms with Crippen LogP contribution in [0.2, 0.25) is 0 Å². The lowest BCUT2D eigenvalue weighted by Crippen LogP contribution is -2.27. The van der Waals surface area contributed by atoms with E-state index >= 15 is 0 Å². The van der Waals surface area contributed by atoms with Gasteiger partial charge in [0, 0.05) is 6.07 Å². The molecule has 1 fully saturated rings. The molecule has 21 heavy (non-hydrogen) atoms. The number of carbonyl (C=O) groups is 1. The van der Waals surface area contributed by atoms with Gasteiger partial charge in [-0.2, -0.15) is 0 Å². The van der Waals surface area contributed by atoms with Crippen LogP contribution in [0, 0.1) is 16.0 Å². The van der Waals surface area contributed by atoms with Gasteiger partial charge in [-0.05, 0) is 31.2 Å². The molecule has 0 heterocycles. The number of esters is 1. The smallest absolute Gasteiger partial charge is 0.344 e. The molecule has 2 atom stereocenters. The highest BCUT2D eigenvalue weighted by molar-refractivity contribution is 5.71. The van der Waals surface area contributed by atoms with Crippen LogP contribution >= 0.6 is 0 Å². The van der Waals surface area contributed by atoms with Crippen LogP contribution in [0.4, 0.5) is 5.69 Å². The highest BCUT2D eigenvalue weighted by Crippen LogP contribution is 2.26. The predicted molar refractivity (Wildman–Crippen MR) is 76.1 cm³/mol. The Kier molecular flexibility index (Phi) is 5.14. The number of ether oxygens (including phenoxy) is 2. The third-order valence-electron chi connectivity index (χ3n) is 3.57. The second-order valence-electron chi connectivity index (χ2n) is 5.43. The molecule has 1 aliphatic carbocycles. The maximum atomic E-state index is 11.7. The van der Waals surface area contributed by atoms with E-state index in [1.54, 1.807) is 6.07 Å². The summed E-state index contributed by atoms with van der Waals surface area (Å²) < 4.78 is 10.6. The van der Waals surface area contributed by atoms with E-state index in [0.717, 1.165) is 19.3 Å². The fourth-order valence-electron chi connectivity index (χ4n) is 2.53. The number of nitrogens with zero attached hydrogens (tertiary/aromatic N) is 1. The first-order chi connectivity index (χ1) is 10.0. The lowest BCUT2D eigenvalue weighted by Gasteiger charge is -2.26. The molecule has 0 spiro atoms. The summed E-state index contributed by atoms with van der Waals surface area (Å²) in [7, 11) is 0. The van der Waals surface area contributed by atoms with E-state index < -0.39 is 10.9 Å². The second kappa shape index (κ2) is 7.06. The highest BCUT2D eigenvalue weighted by Gasteiger charge is 2.22. The van der Waals surface area contributed by atoms with Crippen LogP contribution in [0.15, 0.2) is 24.3 Å². The Labute approximate surface area is 123 Å². The quantitative estimate of drug-likeness (QED) is 0.473. The van der Waals surface area contributed by atoms with Crippen molar-refractivity contribution in [3.63, 3.8) is 0 Å². The van der Waals surface area contributed by atoms with Gasteiger partial charge in [-0.15, -0.1) is 0 Å². The first kappa shape index (κ1) is 15.3. The largest absolute Gasteiger partial charge is 0.482 e. The van der Waals surface area contributed by atoms with Gasteiger partial charge in [-0.25, -0.2) is 4.79 Å². The van der Waals surface area contributed by atoms with E-state index in [2.05, 4.69) is 6.92 Å². The highest BCUT2D eigenvalue weighted by atomic mass is 16.6. The molecular weight excluding hydrogens is 274 g/mol. The van der Waals surface area contributed by atoms with Crippen LogP contribution in [0.3, 0.4) is 0 Å². The number of non-ortho nitro benzene ring substituents is 1. The van der Waals surface area contributed by atoms with E-state index in [4.69, 9.17) is 9.47 Å². The van der Waals surface area contributed by atoms with Crippen molar-refractivity contribution in [2.45, 2.75) is 38.7 Å². The third-order valence-corrected chi connectivity index (χ3v) is 3.57. The van der Waals surface area contributed by atoms with Crippen LogP contribution in [0.25, 0.3) is 0 Å². The van der Waals surface area contributed by atoms with E-state index in [9.17, 15) is 14.9 Å². The molecule has 1 aromatic rings. The molecule has 0 radical (unpaired) electrons. The van der Waals surface area contributed by atoms with Gasteiger partial charge in [-0.1, -0.05) is 19.4 Å². The summed E-state index contributed by atoms with van der Waals surface area (Å²) in [6.07, 6.45) is 4.01. The summed E-state index contributed by atoms with van der Waals surface area (Å²) >= 11 is 0. The molecule has 0 aliphatic heterocycles. The van der Waals surface area contributed by atoms with Crippen molar-refractivity contribution in [1.82, 2.24) is 0 Å². The van der Waals surface area contributed by atoms with Crippen molar-refractivity contribution >= 4 is 11.7 Å². The van der Waals surface area contributed by atoms with Crippen LogP contribution < -0.4 is 4.74 Å². The number of carbonyl (C=O) groups excluding carboxylic acids is 1. The minimum Gasteiger partial charge on any atom is -0.482 e. The molecule has 2 rings (SSSR count). The van der Waals surface area contributed by atoms with Gasteiger partial charge in [-0.3, -0.25) is 10.1 Å². The Morgan fingerprint density at radius 1 is 1.43 bits per heavy atom. The first-order valence-electron chi connectivity index (χ1n) is 7.11. The number of benzene rings is 1. The van der Waals surface area contributed by atoms with Crippen molar-refractivity contribution in [3.8, 4) is 5.75 Å². The van der Waals surface area contributed by atoms with E-state index in [1.807, 2.05) is 0 Å². The minimum atomic E-state index is -0.505. The monoisotopic (exact) mass is 293 g/mol. The van der Waals surface area contributed by atoms with E-state index in [0.29, 0.717) is 5.92 Å².